The third-order valence-corrected chi connectivity index (χ3v) is 4.57. The number of rotatable bonds is 4. The molecule has 3 rings (SSSR count). The van der Waals surface area contributed by atoms with Gasteiger partial charge in [-0.25, -0.2) is 0 Å². The number of hydrogen-bond acceptors (Lipinski definition) is 1. The molecule has 0 aliphatic heterocycles. The number of nitrogens with one attached hydrogen (secondary N) is 1. The molecule has 0 amide bonds. The lowest BCUT2D eigenvalue weighted by molar-refractivity contribution is 0.473. The van der Waals surface area contributed by atoms with E-state index in [0.29, 0.717) is 6.04 Å². The Kier molecular flexibility index (Phi) is 4.27. The molecule has 1 aliphatic carbocycles. The minimum Gasteiger partial charge on any atom is -0.349 e. The molecule has 2 nitrogen and oxygen atoms in total. The number of nitrogens with zero attached hydrogens (tertiary/aromatic N) is 1. The number of aryl methyl sites for hydroxylation is 1. The fraction of sp³-hybridized carbons (Fsp3) is 0.412. The van der Waals surface area contributed by atoms with Gasteiger partial charge in [0.1, 0.15) is 0 Å². The van der Waals surface area contributed by atoms with Crippen molar-refractivity contribution in [2.45, 2.75) is 38.8 Å². The van der Waals surface area contributed by atoms with Crippen LogP contribution in [0.1, 0.15) is 42.5 Å². The third-order valence-electron chi connectivity index (χ3n) is 4.04. The predicted molar refractivity (Wildman–Crippen MR) is 87.0 cm³/mol. The molecule has 1 aromatic carbocycles. The highest BCUT2D eigenvalue weighted by Gasteiger charge is 2.21. The van der Waals surface area contributed by atoms with Crippen molar-refractivity contribution in [3.63, 3.8) is 0 Å². The number of aromatic nitrogens is 1. The summed E-state index contributed by atoms with van der Waals surface area (Å²) in [7, 11) is 0. The van der Waals surface area contributed by atoms with Crippen molar-refractivity contribution in [1.82, 2.24) is 9.88 Å². The molecule has 1 aliphatic rings. The van der Waals surface area contributed by atoms with Crippen molar-refractivity contribution in [1.29, 1.82) is 0 Å². The van der Waals surface area contributed by atoms with Crippen LogP contribution in [0, 0.1) is 0 Å². The lowest BCUT2D eigenvalue weighted by atomic mass is 9.91. The quantitative estimate of drug-likeness (QED) is 0.883. The number of hydrogen-bond donors (Lipinski definition) is 1. The number of benzene rings is 1. The Morgan fingerprint density at radius 1 is 1.25 bits per heavy atom. The summed E-state index contributed by atoms with van der Waals surface area (Å²) in [5.41, 5.74) is 4.38. The Morgan fingerprint density at radius 3 is 2.80 bits per heavy atom. The molecule has 0 bridgehead atoms. The molecule has 1 aromatic heterocycles. The summed E-state index contributed by atoms with van der Waals surface area (Å²) >= 11 is 3.49. The molecule has 1 atom stereocenters. The van der Waals surface area contributed by atoms with Crippen LogP contribution in [0.2, 0.25) is 0 Å². The fourth-order valence-corrected chi connectivity index (χ4v) is 3.36. The van der Waals surface area contributed by atoms with Crippen LogP contribution in [0.25, 0.3) is 0 Å². The first kappa shape index (κ1) is 13.9. The van der Waals surface area contributed by atoms with Gasteiger partial charge in [0.25, 0.3) is 0 Å². The molecule has 3 heteroatoms. The summed E-state index contributed by atoms with van der Waals surface area (Å²) in [5.74, 6) is 0. The van der Waals surface area contributed by atoms with E-state index in [1.54, 1.807) is 0 Å². The molecule has 0 saturated carbocycles. The van der Waals surface area contributed by atoms with Crippen LogP contribution >= 0.6 is 15.9 Å². The Morgan fingerprint density at radius 2 is 2.05 bits per heavy atom. The Bertz CT molecular complexity index is 571. The van der Waals surface area contributed by atoms with E-state index in [9.17, 15) is 0 Å². The molecular formula is C17H21BrN2. The van der Waals surface area contributed by atoms with E-state index < -0.39 is 0 Å². The molecule has 0 fully saturated rings. The predicted octanol–water partition coefficient (Wildman–Crippen LogP) is 4.29. The van der Waals surface area contributed by atoms with Crippen LogP contribution in [-0.4, -0.2) is 11.1 Å². The average Bonchev–Trinajstić information content (AvgIpc) is 2.85. The van der Waals surface area contributed by atoms with E-state index in [1.807, 2.05) is 0 Å². The van der Waals surface area contributed by atoms with Crippen LogP contribution in [0.3, 0.4) is 0 Å². The summed E-state index contributed by atoms with van der Waals surface area (Å²) in [6.07, 6.45) is 8.46. The van der Waals surface area contributed by atoms with Crippen molar-refractivity contribution in [2.75, 3.05) is 6.54 Å². The molecule has 0 saturated heterocycles. The van der Waals surface area contributed by atoms with E-state index in [2.05, 4.69) is 69.4 Å². The normalized spacial score (nSPS) is 18.0. The van der Waals surface area contributed by atoms with E-state index in [1.165, 1.54) is 36.0 Å². The maximum Gasteiger partial charge on any atom is 0.0470 e. The Hall–Kier alpha value is -1.06. The number of fused-ring (bicyclic) bond motifs is 1. The van der Waals surface area contributed by atoms with Gasteiger partial charge in [-0.1, -0.05) is 35.0 Å². The van der Waals surface area contributed by atoms with Gasteiger partial charge in [0.2, 0.25) is 0 Å². The van der Waals surface area contributed by atoms with Crippen molar-refractivity contribution in [2.24, 2.45) is 0 Å². The second-order valence-electron chi connectivity index (χ2n) is 5.54. The molecule has 106 valence electrons. The lowest BCUT2D eigenvalue weighted by Crippen LogP contribution is -2.23. The molecule has 1 N–H and O–H groups in total. The summed E-state index contributed by atoms with van der Waals surface area (Å²) in [4.78, 5) is 0. The summed E-state index contributed by atoms with van der Waals surface area (Å²) in [6, 6.07) is 9.14. The largest absolute Gasteiger partial charge is 0.349 e. The summed E-state index contributed by atoms with van der Waals surface area (Å²) < 4.78 is 3.48. The van der Waals surface area contributed by atoms with Crippen molar-refractivity contribution in [3.05, 3.63) is 57.8 Å². The molecule has 0 spiro atoms. The molecule has 20 heavy (non-hydrogen) atoms. The Balaban J connectivity index is 1.80. The minimum atomic E-state index is 0.551. The van der Waals surface area contributed by atoms with Gasteiger partial charge >= 0.3 is 0 Å². The van der Waals surface area contributed by atoms with E-state index in [0.717, 1.165) is 17.6 Å². The minimum absolute atomic E-state index is 0.551. The zero-order chi connectivity index (χ0) is 13.9. The monoisotopic (exact) mass is 332 g/mol. The van der Waals surface area contributed by atoms with Crippen molar-refractivity contribution >= 4 is 15.9 Å². The highest BCUT2D eigenvalue weighted by atomic mass is 79.9. The van der Waals surface area contributed by atoms with Crippen molar-refractivity contribution < 1.29 is 0 Å². The Labute approximate surface area is 129 Å². The molecular weight excluding hydrogens is 312 g/mol. The topological polar surface area (TPSA) is 17.0 Å². The smallest absolute Gasteiger partial charge is 0.0470 e. The first-order valence-corrected chi connectivity index (χ1v) is 8.22. The van der Waals surface area contributed by atoms with Crippen LogP contribution in [0.4, 0.5) is 0 Å². The van der Waals surface area contributed by atoms with Gasteiger partial charge in [-0.2, -0.15) is 0 Å². The standard InChI is InChI=1S/C17H21BrN2/c1-2-19-17-5-3-4-14-11-20(12-16(14)17)10-13-6-8-15(18)9-7-13/h6-9,11-12,17,19H,2-5,10H2,1H3. The van der Waals surface area contributed by atoms with Gasteiger partial charge in [-0.15, -0.1) is 0 Å². The summed E-state index contributed by atoms with van der Waals surface area (Å²) in [5, 5.41) is 3.61. The first-order chi connectivity index (χ1) is 9.76. The van der Waals surface area contributed by atoms with Crippen LogP contribution in [0.5, 0.6) is 0 Å². The van der Waals surface area contributed by atoms with Crippen molar-refractivity contribution in [3.8, 4) is 0 Å². The van der Waals surface area contributed by atoms with Crippen LogP contribution in [0.15, 0.2) is 41.1 Å². The number of halogens is 1. The van der Waals surface area contributed by atoms with Gasteiger partial charge in [0, 0.05) is 29.5 Å². The highest BCUT2D eigenvalue weighted by molar-refractivity contribution is 9.10. The van der Waals surface area contributed by atoms with Crippen LogP contribution in [-0.2, 0) is 13.0 Å². The van der Waals surface area contributed by atoms with Gasteiger partial charge in [-0.3, -0.25) is 0 Å². The van der Waals surface area contributed by atoms with Gasteiger partial charge in [0.15, 0.2) is 0 Å². The van der Waals surface area contributed by atoms with Gasteiger partial charge in [-0.05, 0) is 54.6 Å². The maximum absolute atomic E-state index is 3.61. The highest BCUT2D eigenvalue weighted by Crippen LogP contribution is 2.30. The SMILES string of the molecule is CCNC1CCCc2cn(Cc3ccc(Br)cc3)cc21. The maximum atomic E-state index is 3.61. The third kappa shape index (κ3) is 2.99. The zero-order valence-corrected chi connectivity index (χ0v) is 13.5. The van der Waals surface area contributed by atoms with Gasteiger partial charge < -0.3 is 9.88 Å². The molecule has 0 radical (unpaired) electrons. The van der Waals surface area contributed by atoms with E-state index in [-0.39, 0.29) is 0 Å². The average molecular weight is 333 g/mol. The molecule has 1 heterocycles. The first-order valence-electron chi connectivity index (χ1n) is 7.42. The van der Waals surface area contributed by atoms with Gasteiger partial charge in [0.05, 0.1) is 0 Å². The van der Waals surface area contributed by atoms with E-state index >= 15 is 0 Å². The second-order valence-corrected chi connectivity index (χ2v) is 6.46. The zero-order valence-electron chi connectivity index (χ0n) is 11.9. The molecule has 1 unspecified atom stereocenters. The van der Waals surface area contributed by atoms with E-state index in [4.69, 9.17) is 0 Å². The van der Waals surface area contributed by atoms with Crippen LogP contribution < -0.4 is 5.32 Å². The second kappa shape index (κ2) is 6.15. The lowest BCUT2D eigenvalue weighted by Gasteiger charge is -2.22. The fourth-order valence-electron chi connectivity index (χ4n) is 3.10. The molecule has 2 aromatic rings. The summed E-state index contributed by atoms with van der Waals surface area (Å²) in [6.45, 7) is 4.19.